The second-order valence-corrected chi connectivity index (χ2v) is 5.91. The van der Waals surface area contributed by atoms with E-state index in [1.54, 1.807) is 6.92 Å². The molecule has 0 saturated carbocycles. The van der Waals surface area contributed by atoms with Crippen LogP contribution in [0.4, 0.5) is 5.82 Å². The molecule has 0 aromatic carbocycles. The molecule has 1 fully saturated rings. The van der Waals surface area contributed by atoms with Crippen molar-refractivity contribution in [2.24, 2.45) is 0 Å². The summed E-state index contributed by atoms with van der Waals surface area (Å²) in [5.74, 6) is -0.715. The molecule has 27 heavy (non-hydrogen) atoms. The van der Waals surface area contributed by atoms with Crippen molar-refractivity contribution in [3.8, 4) is 0 Å². The first-order valence-electron chi connectivity index (χ1n) is 8.02. The Kier molecular flexibility index (Phi) is 5.46. The first-order valence-corrected chi connectivity index (χ1v) is 8.02. The van der Waals surface area contributed by atoms with Gasteiger partial charge in [0.15, 0.2) is 12.0 Å². The molecule has 1 aliphatic rings. The normalized spacial score (nSPS) is 24.6. The molecule has 0 spiro atoms. The predicted octanol–water partition coefficient (Wildman–Crippen LogP) is -1.26. The van der Waals surface area contributed by atoms with Gasteiger partial charge in [0.05, 0.1) is 12.2 Å². The number of carbonyl (C=O) groups is 1. The van der Waals surface area contributed by atoms with Gasteiger partial charge in [-0.1, -0.05) is 0 Å². The summed E-state index contributed by atoms with van der Waals surface area (Å²) in [4.78, 5) is 36.7. The van der Waals surface area contributed by atoms with Crippen molar-refractivity contribution in [2.75, 3.05) is 12.1 Å². The van der Waals surface area contributed by atoms with Crippen LogP contribution >= 0.6 is 0 Å². The van der Waals surface area contributed by atoms with Gasteiger partial charge in [-0.15, -0.1) is 0 Å². The molecule has 144 valence electrons. The summed E-state index contributed by atoms with van der Waals surface area (Å²) in [6.45, 7) is 1.19. The second-order valence-electron chi connectivity index (χ2n) is 5.91. The Balaban J connectivity index is 1.70. The number of carbonyl (C=O) groups excluding carboxylic acids is 1. The Morgan fingerprint density at radius 3 is 2.78 bits per heavy atom. The van der Waals surface area contributed by atoms with Gasteiger partial charge in [0, 0.05) is 24.7 Å². The van der Waals surface area contributed by atoms with Crippen LogP contribution in [0, 0.1) is 6.92 Å². The summed E-state index contributed by atoms with van der Waals surface area (Å²) in [7, 11) is 0. The number of hydrogen-bond acceptors (Lipinski definition) is 10. The van der Waals surface area contributed by atoms with Crippen molar-refractivity contribution < 1.29 is 29.7 Å². The standard InChI is InChI=1S/C16H18N4O7/c1-8-6-17-4-2-9(8)15(24)27-19-11-3-5-20(16(25)18-11)14-13(23)12(22)10(7-21)26-14/h2-6,10,12-14,21-23H,7H2,1H3,(H,18,19,25)/t10-,12-,13-,14-/m1/s1. The highest BCUT2D eigenvalue weighted by molar-refractivity contribution is 5.91. The van der Waals surface area contributed by atoms with E-state index in [2.05, 4.69) is 15.4 Å². The molecular weight excluding hydrogens is 360 g/mol. The fourth-order valence-electron chi connectivity index (χ4n) is 2.63. The summed E-state index contributed by atoms with van der Waals surface area (Å²) in [6.07, 6.45) is -0.750. The third kappa shape index (κ3) is 3.80. The molecule has 1 aliphatic heterocycles. The van der Waals surface area contributed by atoms with E-state index in [4.69, 9.17) is 14.7 Å². The zero-order valence-corrected chi connectivity index (χ0v) is 14.2. The van der Waals surface area contributed by atoms with Gasteiger partial charge in [-0.2, -0.15) is 10.5 Å². The number of nitrogens with one attached hydrogen (secondary N) is 1. The lowest BCUT2D eigenvalue weighted by molar-refractivity contribution is -0.0549. The lowest BCUT2D eigenvalue weighted by Gasteiger charge is -2.17. The molecule has 2 aromatic rings. The summed E-state index contributed by atoms with van der Waals surface area (Å²) >= 11 is 0. The summed E-state index contributed by atoms with van der Waals surface area (Å²) in [5.41, 5.74) is 2.39. The Labute approximate surface area is 152 Å². The number of aliphatic hydroxyl groups excluding tert-OH is 3. The number of rotatable bonds is 5. The quantitative estimate of drug-likeness (QED) is 0.463. The molecule has 0 bridgehead atoms. The molecule has 3 rings (SSSR count). The number of pyridine rings is 1. The highest BCUT2D eigenvalue weighted by atomic mass is 16.7. The van der Waals surface area contributed by atoms with Crippen LogP contribution in [0.15, 0.2) is 35.5 Å². The fraction of sp³-hybridized carbons (Fsp3) is 0.375. The maximum absolute atomic E-state index is 12.2. The maximum Gasteiger partial charge on any atom is 0.363 e. The van der Waals surface area contributed by atoms with E-state index in [9.17, 15) is 19.8 Å². The zero-order chi connectivity index (χ0) is 19.6. The zero-order valence-electron chi connectivity index (χ0n) is 14.2. The number of nitrogens with zero attached hydrogens (tertiary/aromatic N) is 3. The third-order valence-corrected chi connectivity index (χ3v) is 4.11. The minimum Gasteiger partial charge on any atom is -0.394 e. The van der Waals surface area contributed by atoms with Gasteiger partial charge < -0.3 is 24.9 Å². The third-order valence-electron chi connectivity index (χ3n) is 4.11. The van der Waals surface area contributed by atoms with Gasteiger partial charge in [0.1, 0.15) is 18.3 Å². The number of ether oxygens (including phenoxy) is 1. The van der Waals surface area contributed by atoms with Crippen molar-refractivity contribution >= 4 is 11.8 Å². The van der Waals surface area contributed by atoms with E-state index in [0.29, 0.717) is 11.1 Å². The predicted molar refractivity (Wildman–Crippen MR) is 89.5 cm³/mol. The van der Waals surface area contributed by atoms with E-state index in [1.165, 1.54) is 30.7 Å². The molecule has 0 amide bonds. The summed E-state index contributed by atoms with van der Waals surface area (Å²) in [5, 5.41) is 28.8. The second kappa shape index (κ2) is 7.80. The van der Waals surface area contributed by atoms with Crippen molar-refractivity contribution in [3.05, 3.63) is 52.3 Å². The molecular formula is C16H18N4O7. The van der Waals surface area contributed by atoms with E-state index in [1.807, 2.05) is 0 Å². The van der Waals surface area contributed by atoms with Crippen LogP contribution in [0.5, 0.6) is 0 Å². The van der Waals surface area contributed by atoms with Crippen LogP contribution in [-0.2, 0) is 9.57 Å². The average molecular weight is 378 g/mol. The molecule has 1 saturated heterocycles. The van der Waals surface area contributed by atoms with Gasteiger partial charge in [-0.3, -0.25) is 9.55 Å². The van der Waals surface area contributed by atoms with Gasteiger partial charge in [-0.05, 0) is 18.6 Å². The van der Waals surface area contributed by atoms with Crippen LogP contribution in [-0.4, -0.2) is 60.7 Å². The van der Waals surface area contributed by atoms with Crippen molar-refractivity contribution in [1.29, 1.82) is 0 Å². The monoisotopic (exact) mass is 378 g/mol. The molecule has 11 nitrogen and oxygen atoms in total. The number of anilines is 1. The fourth-order valence-corrected chi connectivity index (χ4v) is 2.63. The number of aliphatic hydroxyl groups is 3. The lowest BCUT2D eigenvalue weighted by Crippen LogP contribution is -2.36. The molecule has 4 atom stereocenters. The molecule has 2 aromatic heterocycles. The van der Waals surface area contributed by atoms with Crippen molar-refractivity contribution in [3.63, 3.8) is 0 Å². The average Bonchev–Trinajstić information content (AvgIpc) is 2.95. The summed E-state index contributed by atoms with van der Waals surface area (Å²) < 4.78 is 6.23. The molecule has 0 radical (unpaired) electrons. The summed E-state index contributed by atoms with van der Waals surface area (Å²) in [6, 6.07) is 2.81. The van der Waals surface area contributed by atoms with Crippen molar-refractivity contribution in [1.82, 2.24) is 14.5 Å². The molecule has 4 N–H and O–H groups in total. The smallest absolute Gasteiger partial charge is 0.363 e. The Morgan fingerprint density at radius 2 is 2.15 bits per heavy atom. The highest BCUT2D eigenvalue weighted by Gasteiger charge is 2.43. The minimum absolute atomic E-state index is 0.0388. The number of aryl methyl sites for hydroxylation is 1. The number of aromatic nitrogens is 3. The van der Waals surface area contributed by atoms with Crippen LogP contribution in [0.1, 0.15) is 22.1 Å². The molecule has 3 heterocycles. The molecule has 0 unspecified atom stereocenters. The molecule has 11 heteroatoms. The minimum atomic E-state index is -1.41. The largest absolute Gasteiger partial charge is 0.394 e. The Morgan fingerprint density at radius 1 is 1.37 bits per heavy atom. The van der Waals surface area contributed by atoms with Crippen LogP contribution < -0.4 is 11.2 Å². The Hall–Kier alpha value is -2.86. The topological polar surface area (TPSA) is 156 Å². The van der Waals surface area contributed by atoms with Gasteiger partial charge >= 0.3 is 11.7 Å². The first kappa shape index (κ1) is 18.9. The van der Waals surface area contributed by atoms with E-state index < -0.39 is 42.8 Å². The van der Waals surface area contributed by atoms with E-state index in [0.717, 1.165) is 4.57 Å². The van der Waals surface area contributed by atoms with E-state index in [-0.39, 0.29) is 5.82 Å². The van der Waals surface area contributed by atoms with Gasteiger partial charge in [0.2, 0.25) is 0 Å². The van der Waals surface area contributed by atoms with Gasteiger partial charge in [-0.25, -0.2) is 9.59 Å². The number of hydrogen-bond donors (Lipinski definition) is 4. The SMILES string of the molecule is Cc1cnccc1C(=O)ONc1ccn([C@@H]2O[C@H](CO)[C@@H](O)[C@H]2O)c(=O)n1. The molecule has 0 aliphatic carbocycles. The highest BCUT2D eigenvalue weighted by Crippen LogP contribution is 2.28. The Bertz CT molecular complexity index is 887. The van der Waals surface area contributed by atoms with Crippen LogP contribution in [0.3, 0.4) is 0 Å². The van der Waals surface area contributed by atoms with Crippen LogP contribution in [0.25, 0.3) is 0 Å². The maximum atomic E-state index is 12.2. The first-order chi connectivity index (χ1) is 12.9. The lowest BCUT2D eigenvalue weighted by atomic mass is 10.1. The van der Waals surface area contributed by atoms with Gasteiger partial charge in [0.25, 0.3) is 0 Å². The van der Waals surface area contributed by atoms with Crippen molar-refractivity contribution in [2.45, 2.75) is 31.5 Å². The van der Waals surface area contributed by atoms with Crippen LogP contribution in [0.2, 0.25) is 0 Å². The van der Waals surface area contributed by atoms with E-state index >= 15 is 0 Å².